The molecule has 0 amide bonds. The Hall–Kier alpha value is -4.50. The van der Waals surface area contributed by atoms with Crippen molar-refractivity contribution in [2.24, 2.45) is 0 Å². The zero-order valence-electron chi connectivity index (χ0n) is 30.9. The van der Waals surface area contributed by atoms with Gasteiger partial charge in [-0.1, -0.05) is 11.6 Å². The SMILES string of the molecule is Cc1c(N2CCN(C)CC2)nc2cc(F)cc(F)c2c1Cl.Cc1c(N2CCN(C)CC2)nc2cc(F)cc(F)c2c1Nc1cncc(N2CCOCC2)c1. The van der Waals surface area contributed by atoms with E-state index in [0.717, 1.165) is 106 Å². The summed E-state index contributed by atoms with van der Waals surface area (Å²) in [6.07, 6.45) is 3.53. The van der Waals surface area contributed by atoms with Gasteiger partial charge < -0.3 is 34.6 Å². The molecule has 0 bridgehead atoms. The van der Waals surface area contributed by atoms with Gasteiger partial charge in [-0.05, 0) is 34.0 Å². The molecule has 3 fully saturated rings. The number of nitrogens with zero attached hydrogens (tertiary/aromatic N) is 8. The van der Waals surface area contributed by atoms with Crippen LogP contribution in [-0.2, 0) is 4.74 Å². The van der Waals surface area contributed by atoms with Crippen molar-refractivity contribution < 1.29 is 22.3 Å². The average Bonchev–Trinajstić information content (AvgIpc) is 3.15. The van der Waals surface area contributed by atoms with Crippen molar-refractivity contribution in [3.63, 3.8) is 0 Å². The number of likely N-dealkylation sites (N-methyl/N-ethyl adjacent to an activating group) is 2. The van der Waals surface area contributed by atoms with E-state index >= 15 is 4.39 Å². The number of pyridine rings is 3. The van der Waals surface area contributed by atoms with Gasteiger partial charge in [0.15, 0.2) is 0 Å². The minimum atomic E-state index is -0.671. The van der Waals surface area contributed by atoms with Crippen LogP contribution in [0, 0.1) is 37.1 Å². The highest BCUT2D eigenvalue weighted by Crippen LogP contribution is 2.38. The van der Waals surface area contributed by atoms with Crippen LogP contribution in [0.4, 0.5) is 46.3 Å². The van der Waals surface area contributed by atoms with E-state index < -0.39 is 23.3 Å². The molecule has 15 heteroatoms. The van der Waals surface area contributed by atoms with Gasteiger partial charge in [0.2, 0.25) is 0 Å². The number of fused-ring (bicyclic) bond motifs is 2. The van der Waals surface area contributed by atoms with Gasteiger partial charge in [0.25, 0.3) is 0 Å². The van der Waals surface area contributed by atoms with Gasteiger partial charge in [-0.2, -0.15) is 0 Å². The summed E-state index contributed by atoms with van der Waals surface area (Å²) < 4.78 is 61.9. The maximum absolute atomic E-state index is 15.0. The van der Waals surface area contributed by atoms with Crippen molar-refractivity contribution in [3.8, 4) is 0 Å². The van der Waals surface area contributed by atoms with E-state index in [9.17, 15) is 13.2 Å². The van der Waals surface area contributed by atoms with Crippen LogP contribution in [-0.4, -0.2) is 118 Å². The first-order chi connectivity index (χ1) is 26.0. The van der Waals surface area contributed by atoms with Crippen molar-refractivity contribution in [1.82, 2.24) is 24.8 Å². The van der Waals surface area contributed by atoms with Crippen LogP contribution < -0.4 is 20.0 Å². The normalized spacial score (nSPS) is 17.2. The molecule has 3 aromatic heterocycles. The third-order valence-electron chi connectivity index (χ3n) is 10.3. The summed E-state index contributed by atoms with van der Waals surface area (Å²) in [6, 6.07) is 6.27. The number of benzene rings is 2. The number of hydrogen-bond donors (Lipinski definition) is 1. The molecular weight excluding hydrogens is 722 g/mol. The number of anilines is 5. The second-order valence-electron chi connectivity index (χ2n) is 14.1. The largest absolute Gasteiger partial charge is 0.378 e. The van der Waals surface area contributed by atoms with Crippen LogP contribution in [0.2, 0.25) is 5.02 Å². The molecular formula is C39H44ClF4N9O. The number of hydrogen-bond acceptors (Lipinski definition) is 10. The summed E-state index contributed by atoms with van der Waals surface area (Å²) in [7, 11) is 4.15. The van der Waals surface area contributed by atoms with Gasteiger partial charge in [-0.15, -0.1) is 0 Å². The van der Waals surface area contributed by atoms with Crippen molar-refractivity contribution in [2.45, 2.75) is 13.8 Å². The maximum atomic E-state index is 15.0. The number of morpholine rings is 1. The van der Waals surface area contributed by atoms with E-state index in [2.05, 4.69) is 58.9 Å². The highest BCUT2D eigenvalue weighted by atomic mass is 35.5. The third-order valence-corrected chi connectivity index (χ3v) is 10.8. The average molecular weight is 766 g/mol. The van der Waals surface area contributed by atoms with Crippen LogP contribution >= 0.6 is 11.6 Å². The van der Waals surface area contributed by atoms with E-state index in [1.807, 2.05) is 26.1 Å². The first-order valence-corrected chi connectivity index (χ1v) is 18.5. The number of nitrogens with one attached hydrogen (secondary N) is 1. The summed E-state index contributed by atoms with van der Waals surface area (Å²) in [4.78, 5) is 24.5. The molecule has 0 spiro atoms. The molecule has 3 saturated heterocycles. The highest BCUT2D eigenvalue weighted by Gasteiger charge is 2.24. The van der Waals surface area contributed by atoms with Gasteiger partial charge in [0, 0.05) is 101 Å². The molecule has 286 valence electrons. The Morgan fingerprint density at radius 2 is 1.15 bits per heavy atom. The number of ether oxygens (including phenoxy) is 1. The molecule has 3 aliphatic heterocycles. The Morgan fingerprint density at radius 3 is 1.72 bits per heavy atom. The highest BCUT2D eigenvalue weighted by molar-refractivity contribution is 6.36. The van der Waals surface area contributed by atoms with Gasteiger partial charge in [-0.3, -0.25) is 4.98 Å². The fourth-order valence-corrected chi connectivity index (χ4v) is 7.46. The smallest absolute Gasteiger partial charge is 0.137 e. The lowest BCUT2D eigenvalue weighted by Crippen LogP contribution is -2.45. The fourth-order valence-electron chi connectivity index (χ4n) is 7.19. The molecule has 8 rings (SSSR count). The van der Waals surface area contributed by atoms with Crippen LogP contribution in [0.25, 0.3) is 21.8 Å². The quantitative estimate of drug-likeness (QED) is 0.194. The predicted molar refractivity (Wildman–Crippen MR) is 208 cm³/mol. The topological polar surface area (TPSA) is 76.1 Å². The lowest BCUT2D eigenvalue weighted by Gasteiger charge is -2.34. The molecule has 54 heavy (non-hydrogen) atoms. The van der Waals surface area contributed by atoms with E-state index in [-0.39, 0.29) is 16.3 Å². The van der Waals surface area contributed by atoms with E-state index in [0.29, 0.717) is 35.3 Å². The van der Waals surface area contributed by atoms with Crippen molar-refractivity contribution in [1.29, 1.82) is 0 Å². The van der Waals surface area contributed by atoms with E-state index in [1.165, 1.54) is 12.1 Å². The van der Waals surface area contributed by atoms with Crippen LogP contribution in [0.1, 0.15) is 11.1 Å². The monoisotopic (exact) mass is 765 g/mol. The van der Waals surface area contributed by atoms with E-state index in [4.69, 9.17) is 16.3 Å². The molecule has 5 aromatic rings. The lowest BCUT2D eigenvalue weighted by molar-refractivity contribution is 0.122. The first kappa shape index (κ1) is 37.8. The number of piperazine rings is 2. The van der Waals surface area contributed by atoms with Gasteiger partial charge in [0.1, 0.15) is 34.9 Å². The molecule has 0 aliphatic carbocycles. The minimum Gasteiger partial charge on any atom is -0.378 e. The first-order valence-electron chi connectivity index (χ1n) is 18.1. The second kappa shape index (κ2) is 16.1. The van der Waals surface area contributed by atoms with Gasteiger partial charge in [-0.25, -0.2) is 27.5 Å². The second-order valence-corrected chi connectivity index (χ2v) is 14.5. The third kappa shape index (κ3) is 7.97. The standard InChI is InChI=1S/C24H28F2N6O.C15H16ClF2N3/c1-16-23(28-18-13-19(15-27-14-18)31-7-9-33-10-8-31)22-20(26)11-17(25)12-21(22)29-24(16)32-5-3-30(2)4-6-32;1-9-14(16)13-11(18)7-10(17)8-12(13)19-15(9)21-5-3-20(2)4-6-21/h11-15H,3-10H2,1-2H3,(H,28,29);7-8H,3-6H2,1-2H3. The van der Waals surface area contributed by atoms with Crippen molar-refractivity contribution >= 4 is 62.1 Å². The number of rotatable bonds is 5. The Morgan fingerprint density at radius 1 is 0.630 bits per heavy atom. The summed E-state index contributed by atoms with van der Waals surface area (Å²) in [5.74, 6) is -1.12. The van der Waals surface area contributed by atoms with Gasteiger partial charge >= 0.3 is 0 Å². The summed E-state index contributed by atoms with van der Waals surface area (Å²) in [5.41, 5.74) is 4.43. The van der Waals surface area contributed by atoms with Crippen molar-refractivity contribution in [3.05, 3.63) is 82.1 Å². The van der Waals surface area contributed by atoms with E-state index in [1.54, 1.807) is 6.20 Å². The number of aromatic nitrogens is 3. The summed E-state index contributed by atoms with van der Waals surface area (Å²) in [6.45, 7) is 13.6. The van der Waals surface area contributed by atoms with Crippen LogP contribution in [0.3, 0.4) is 0 Å². The number of halogens is 5. The minimum absolute atomic E-state index is 0.188. The molecule has 3 aliphatic rings. The Labute approximate surface area is 317 Å². The zero-order valence-corrected chi connectivity index (χ0v) is 31.7. The predicted octanol–water partition coefficient (Wildman–Crippen LogP) is 6.78. The molecule has 0 saturated carbocycles. The Balaban J connectivity index is 0.000000184. The molecule has 0 radical (unpaired) electrons. The molecule has 0 atom stereocenters. The lowest BCUT2D eigenvalue weighted by atomic mass is 10.1. The summed E-state index contributed by atoms with van der Waals surface area (Å²) >= 11 is 6.30. The molecule has 10 nitrogen and oxygen atoms in total. The molecule has 2 aromatic carbocycles. The molecule has 0 unspecified atom stereocenters. The summed E-state index contributed by atoms with van der Waals surface area (Å²) in [5, 5.41) is 4.16. The van der Waals surface area contributed by atoms with Crippen LogP contribution in [0.15, 0.2) is 42.7 Å². The zero-order chi connectivity index (χ0) is 38.1. The Bertz CT molecular complexity index is 2150. The Kier molecular flexibility index (Phi) is 11.3. The van der Waals surface area contributed by atoms with Crippen LogP contribution in [0.5, 0.6) is 0 Å². The van der Waals surface area contributed by atoms with Gasteiger partial charge in [0.05, 0.1) is 69.5 Å². The maximum Gasteiger partial charge on any atom is 0.137 e. The molecule has 6 heterocycles. The fraction of sp³-hybridized carbons (Fsp3) is 0.410. The molecule has 1 N–H and O–H groups in total. The van der Waals surface area contributed by atoms with Crippen molar-refractivity contribution in [2.75, 3.05) is 113 Å².